The monoisotopic (exact) mass is 494 g/mol. The van der Waals surface area contributed by atoms with Crippen LogP contribution in [0.2, 0.25) is 0 Å². The van der Waals surface area contributed by atoms with Gasteiger partial charge in [0.2, 0.25) is 0 Å². The van der Waals surface area contributed by atoms with E-state index in [1.54, 1.807) is 32.5 Å². The minimum atomic E-state index is -0.799. The molecule has 0 spiro atoms. The number of ether oxygens (including phenoxy) is 1. The van der Waals surface area contributed by atoms with Gasteiger partial charge in [-0.2, -0.15) is 11.8 Å². The molecule has 160 valence electrons. The molecule has 2 aromatic rings. The number of hydrogen-bond acceptors (Lipinski definition) is 6. The van der Waals surface area contributed by atoms with Crippen molar-refractivity contribution in [3.05, 3.63) is 61.5 Å². The number of rotatable bonds is 5. The molecule has 2 heterocycles. The van der Waals surface area contributed by atoms with Crippen molar-refractivity contribution < 1.29 is 19.4 Å². The summed E-state index contributed by atoms with van der Waals surface area (Å²) in [7, 11) is 0. The molecule has 1 aromatic carbocycles. The molecule has 7 nitrogen and oxygen atoms in total. The maximum atomic E-state index is 13.1. The first kappa shape index (κ1) is 22.4. The molecule has 0 aliphatic carbocycles. The average molecular weight is 495 g/mol. The number of aromatic nitrogens is 1. The van der Waals surface area contributed by atoms with Crippen LogP contribution in [-0.4, -0.2) is 33.7 Å². The minimum Gasteiger partial charge on any atom is -0.507 e. The number of esters is 1. The van der Waals surface area contributed by atoms with Gasteiger partial charge < -0.3 is 19.7 Å². The van der Waals surface area contributed by atoms with Crippen molar-refractivity contribution in [1.29, 1.82) is 0 Å². The van der Waals surface area contributed by atoms with Crippen molar-refractivity contribution in [1.82, 2.24) is 9.88 Å². The number of nitrogens with zero attached hydrogens (tertiary/aromatic N) is 1. The van der Waals surface area contributed by atoms with Gasteiger partial charge >= 0.3 is 5.97 Å². The van der Waals surface area contributed by atoms with Gasteiger partial charge in [-0.3, -0.25) is 14.4 Å². The molecule has 0 fully saturated rings. The van der Waals surface area contributed by atoms with Crippen molar-refractivity contribution in [2.24, 2.45) is 0 Å². The summed E-state index contributed by atoms with van der Waals surface area (Å²) in [5, 5.41) is 13.0. The third-order valence-electron chi connectivity index (χ3n) is 4.44. The first-order valence-corrected chi connectivity index (χ1v) is 11.3. The maximum Gasteiger partial charge on any atom is 0.325 e. The van der Waals surface area contributed by atoms with Crippen molar-refractivity contribution in [3.63, 3.8) is 0 Å². The summed E-state index contributed by atoms with van der Waals surface area (Å²) in [6, 6.07) is 7.54. The molecule has 0 saturated carbocycles. The highest BCUT2D eigenvalue weighted by Crippen LogP contribution is 2.36. The highest BCUT2D eigenvalue weighted by molar-refractivity contribution is 9.10. The molecule has 1 aromatic heterocycles. The molecule has 1 aliphatic heterocycles. The number of hydrogen-bond donors (Lipinski definition) is 2. The standard InChI is InChI=1S/C21H23BrN2O5S/c1-21(2,3)29-16(25)8-23-19(27)17-18(26)14-10-30-11-15(14)24(20(17)28)9-12-4-6-13(22)7-5-12/h4-7,26H,8-11H2,1-3H3,(H,23,27). The molecule has 2 N–H and O–H groups in total. The highest BCUT2D eigenvalue weighted by atomic mass is 79.9. The van der Waals surface area contributed by atoms with E-state index in [9.17, 15) is 19.5 Å². The molecule has 0 radical (unpaired) electrons. The summed E-state index contributed by atoms with van der Waals surface area (Å²) < 4.78 is 7.62. The molecule has 0 unspecified atom stereocenters. The summed E-state index contributed by atoms with van der Waals surface area (Å²) in [4.78, 5) is 37.7. The minimum absolute atomic E-state index is 0.279. The van der Waals surface area contributed by atoms with Crippen LogP contribution in [0.4, 0.5) is 0 Å². The SMILES string of the molecule is CC(C)(C)OC(=O)CNC(=O)c1c(O)c2c(n(Cc3ccc(Br)cc3)c1=O)CSC2. The Labute approximate surface area is 186 Å². The van der Waals surface area contributed by atoms with Crippen LogP contribution in [0.25, 0.3) is 0 Å². The molecule has 0 atom stereocenters. The molecule has 30 heavy (non-hydrogen) atoms. The Morgan fingerprint density at radius 3 is 2.53 bits per heavy atom. The van der Waals surface area contributed by atoms with E-state index in [1.807, 2.05) is 24.3 Å². The van der Waals surface area contributed by atoms with Crippen LogP contribution in [0.15, 0.2) is 33.5 Å². The number of carbonyl (C=O) groups excluding carboxylic acids is 2. The third-order valence-corrected chi connectivity index (χ3v) is 5.93. The van der Waals surface area contributed by atoms with E-state index < -0.39 is 29.6 Å². The number of amides is 1. The van der Waals surface area contributed by atoms with E-state index >= 15 is 0 Å². The van der Waals surface area contributed by atoms with Crippen molar-refractivity contribution in [2.75, 3.05) is 6.54 Å². The molecular weight excluding hydrogens is 472 g/mol. The van der Waals surface area contributed by atoms with E-state index in [1.165, 1.54) is 4.57 Å². The second kappa shape index (κ2) is 8.85. The van der Waals surface area contributed by atoms with Crippen LogP contribution in [0.3, 0.4) is 0 Å². The van der Waals surface area contributed by atoms with Gasteiger partial charge in [-0.15, -0.1) is 0 Å². The number of halogens is 1. The van der Waals surface area contributed by atoms with Crippen LogP contribution in [-0.2, 0) is 27.6 Å². The van der Waals surface area contributed by atoms with E-state index in [-0.39, 0.29) is 17.9 Å². The van der Waals surface area contributed by atoms with Gasteiger partial charge in [0, 0.05) is 27.2 Å². The first-order chi connectivity index (χ1) is 14.1. The molecule has 9 heteroatoms. The Morgan fingerprint density at radius 1 is 1.23 bits per heavy atom. The summed E-state index contributed by atoms with van der Waals surface area (Å²) >= 11 is 4.95. The lowest BCUT2D eigenvalue weighted by Gasteiger charge is -2.20. The van der Waals surface area contributed by atoms with E-state index in [0.717, 1.165) is 10.0 Å². The summed E-state index contributed by atoms with van der Waals surface area (Å²) in [6.07, 6.45) is 0. The Balaban J connectivity index is 1.91. The third kappa shape index (κ3) is 5.07. The zero-order valence-electron chi connectivity index (χ0n) is 17.0. The van der Waals surface area contributed by atoms with Crippen LogP contribution < -0.4 is 10.9 Å². The van der Waals surface area contributed by atoms with E-state index in [2.05, 4.69) is 21.2 Å². The van der Waals surface area contributed by atoms with Gasteiger partial charge in [0.05, 0.1) is 6.54 Å². The Morgan fingerprint density at radius 2 is 1.90 bits per heavy atom. The maximum absolute atomic E-state index is 13.1. The summed E-state index contributed by atoms with van der Waals surface area (Å²) in [5.74, 6) is -0.647. The van der Waals surface area contributed by atoms with Crippen LogP contribution in [0, 0.1) is 0 Å². The van der Waals surface area contributed by atoms with E-state index in [0.29, 0.717) is 22.8 Å². The molecular formula is C21H23BrN2O5S. The lowest BCUT2D eigenvalue weighted by atomic mass is 10.1. The summed E-state index contributed by atoms with van der Waals surface area (Å²) in [6.45, 7) is 5.04. The largest absolute Gasteiger partial charge is 0.507 e. The van der Waals surface area contributed by atoms with E-state index in [4.69, 9.17) is 4.74 Å². The lowest BCUT2D eigenvalue weighted by Crippen LogP contribution is -2.38. The van der Waals surface area contributed by atoms with Gasteiger partial charge in [0.1, 0.15) is 23.5 Å². The number of benzene rings is 1. The molecule has 1 amide bonds. The van der Waals surface area contributed by atoms with Gasteiger partial charge in [-0.05, 0) is 38.5 Å². The van der Waals surface area contributed by atoms with Crippen molar-refractivity contribution in [2.45, 2.75) is 44.4 Å². The highest BCUT2D eigenvalue weighted by Gasteiger charge is 2.29. The van der Waals surface area contributed by atoms with Crippen LogP contribution in [0.5, 0.6) is 5.75 Å². The smallest absolute Gasteiger partial charge is 0.325 e. The van der Waals surface area contributed by atoms with Gasteiger partial charge in [-0.1, -0.05) is 28.1 Å². The Kier molecular flexibility index (Phi) is 6.62. The molecule has 1 aliphatic rings. The zero-order valence-corrected chi connectivity index (χ0v) is 19.4. The normalized spacial score (nSPS) is 13.1. The quantitative estimate of drug-likeness (QED) is 0.619. The van der Waals surface area contributed by atoms with Crippen molar-refractivity contribution >= 4 is 39.6 Å². The molecule has 0 bridgehead atoms. The van der Waals surface area contributed by atoms with Gasteiger partial charge in [0.15, 0.2) is 0 Å². The Hall–Kier alpha value is -2.26. The fourth-order valence-electron chi connectivity index (χ4n) is 3.14. The van der Waals surface area contributed by atoms with Crippen molar-refractivity contribution in [3.8, 4) is 5.75 Å². The second-order valence-electron chi connectivity index (χ2n) is 7.93. The number of nitrogens with one attached hydrogen (secondary N) is 1. The van der Waals surface area contributed by atoms with Gasteiger partial charge in [0.25, 0.3) is 11.5 Å². The molecule has 0 saturated heterocycles. The fourth-order valence-corrected chi connectivity index (χ4v) is 4.54. The molecule has 3 rings (SSSR count). The first-order valence-electron chi connectivity index (χ1n) is 9.36. The topological polar surface area (TPSA) is 97.6 Å². The predicted octanol–water partition coefficient (Wildman–Crippen LogP) is 3.18. The number of fused-ring (bicyclic) bond motifs is 1. The number of carbonyl (C=O) groups is 2. The number of aromatic hydroxyl groups is 1. The summed E-state index contributed by atoms with van der Waals surface area (Å²) in [5.41, 5.74) is 0.570. The average Bonchev–Trinajstić information content (AvgIpc) is 3.14. The second-order valence-corrected chi connectivity index (χ2v) is 9.83. The Bertz CT molecular complexity index is 1040. The number of pyridine rings is 1. The predicted molar refractivity (Wildman–Crippen MR) is 119 cm³/mol. The fraction of sp³-hybridized carbons (Fsp3) is 0.381. The lowest BCUT2D eigenvalue weighted by molar-refractivity contribution is -0.153. The van der Waals surface area contributed by atoms with Crippen LogP contribution >= 0.6 is 27.7 Å². The van der Waals surface area contributed by atoms with Gasteiger partial charge in [-0.25, -0.2) is 0 Å². The zero-order chi connectivity index (χ0) is 22.1. The number of thioether (sulfide) groups is 1. The van der Waals surface area contributed by atoms with Crippen LogP contribution in [0.1, 0.15) is 48.0 Å².